The molecule has 8 heteroatoms. The molecule has 0 N–H and O–H groups in total. The fraction of sp³-hybridized carbons (Fsp3) is 0.182. The standard InChI is InChI=1S/C22H17Cl2FO4S/c1-13-2-5-18(6-3-13)30(26,27)28-12-17-9-14-8-16(25)11-20(22(14)29-17)19-7-4-15(23)10-21(19)24/h2-8,10-11,17H,9,12H2,1H3. The Kier molecular flexibility index (Phi) is 5.77. The van der Waals surface area contributed by atoms with E-state index in [4.69, 9.17) is 32.1 Å². The van der Waals surface area contributed by atoms with Gasteiger partial charge in [0.2, 0.25) is 0 Å². The van der Waals surface area contributed by atoms with Crippen molar-refractivity contribution in [2.75, 3.05) is 6.61 Å². The first kappa shape index (κ1) is 21.1. The van der Waals surface area contributed by atoms with Gasteiger partial charge in [-0.1, -0.05) is 47.0 Å². The highest BCUT2D eigenvalue weighted by molar-refractivity contribution is 7.86. The van der Waals surface area contributed by atoms with E-state index in [0.717, 1.165) is 5.56 Å². The second-order valence-corrected chi connectivity index (χ2v) is 9.52. The molecule has 30 heavy (non-hydrogen) atoms. The van der Waals surface area contributed by atoms with Crippen molar-refractivity contribution in [3.63, 3.8) is 0 Å². The lowest BCUT2D eigenvalue weighted by Crippen LogP contribution is -2.23. The number of halogens is 3. The number of aryl methyl sites for hydroxylation is 1. The lowest BCUT2D eigenvalue weighted by molar-refractivity contribution is 0.152. The van der Waals surface area contributed by atoms with Gasteiger partial charge in [-0.2, -0.15) is 8.42 Å². The molecule has 4 nitrogen and oxygen atoms in total. The molecule has 1 aliphatic rings. The molecule has 156 valence electrons. The first-order valence-electron chi connectivity index (χ1n) is 9.13. The fourth-order valence-corrected chi connectivity index (χ4v) is 4.78. The molecule has 0 amide bonds. The number of rotatable bonds is 5. The average molecular weight is 467 g/mol. The largest absolute Gasteiger partial charge is 0.487 e. The van der Waals surface area contributed by atoms with Gasteiger partial charge in [-0.15, -0.1) is 0 Å². The molecule has 3 aromatic rings. The lowest BCUT2D eigenvalue weighted by Gasteiger charge is -2.14. The molecular weight excluding hydrogens is 450 g/mol. The Hall–Kier alpha value is -2.12. The van der Waals surface area contributed by atoms with Gasteiger partial charge < -0.3 is 4.74 Å². The number of hydrogen-bond donors (Lipinski definition) is 0. The molecule has 4 rings (SSSR count). The van der Waals surface area contributed by atoms with E-state index in [1.165, 1.54) is 24.3 Å². The van der Waals surface area contributed by atoms with Crippen LogP contribution < -0.4 is 4.74 Å². The highest BCUT2D eigenvalue weighted by Crippen LogP contribution is 2.42. The van der Waals surface area contributed by atoms with Gasteiger partial charge in [-0.05, 0) is 43.3 Å². The van der Waals surface area contributed by atoms with Crippen molar-refractivity contribution in [3.8, 4) is 16.9 Å². The Bertz CT molecular complexity index is 1210. The van der Waals surface area contributed by atoms with E-state index in [1.54, 1.807) is 30.3 Å². The normalized spacial score (nSPS) is 15.7. The maximum Gasteiger partial charge on any atom is 0.297 e. The van der Waals surface area contributed by atoms with Crippen molar-refractivity contribution in [2.24, 2.45) is 0 Å². The third-order valence-electron chi connectivity index (χ3n) is 4.80. The van der Waals surface area contributed by atoms with Crippen LogP contribution in [0.5, 0.6) is 5.75 Å². The van der Waals surface area contributed by atoms with E-state index < -0.39 is 22.0 Å². The third-order valence-corrected chi connectivity index (χ3v) is 6.65. The number of benzene rings is 3. The smallest absolute Gasteiger partial charge is 0.297 e. The van der Waals surface area contributed by atoms with Gasteiger partial charge in [0, 0.05) is 28.1 Å². The maximum absolute atomic E-state index is 14.2. The molecule has 1 heterocycles. The minimum absolute atomic E-state index is 0.0725. The molecule has 1 aliphatic heterocycles. The molecule has 0 bridgehead atoms. The van der Waals surface area contributed by atoms with Crippen molar-refractivity contribution in [1.82, 2.24) is 0 Å². The summed E-state index contributed by atoms with van der Waals surface area (Å²) in [5.74, 6) is 0.0224. The molecule has 0 aliphatic carbocycles. The Morgan fingerprint density at radius 2 is 1.80 bits per heavy atom. The Morgan fingerprint density at radius 1 is 1.07 bits per heavy atom. The van der Waals surface area contributed by atoms with E-state index >= 15 is 0 Å². The van der Waals surface area contributed by atoms with Crippen LogP contribution in [0.3, 0.4) is 0 Å². The third kappa shape index (κ3) is 4.32. The fourth-order valence-electron chi connectivity index (χ4n) is 3.33. The zero-order valence-corrected chi connectivity index (χ0v) is 18.2. The van der Waals surface area contributed by atoms with Gasteiger partial charge in [-0.3, -0.25) is 4.18 Å². The molecule has 0 saturated carbocycles. The number of ether oxygens (including phenoxy) is 1. The van der Waals surface area contributed by atoms with Gasteiger partial charge >= 0.3 is 0 Å². The molecule has 0 saturated heterocycles. The average Bonchev–Trinajstić information content (AvgIpc) is 3.09. The van der Waals surface area contributed by atoms with Crippen molar-refractivity contribution in [1.29, 1.82) is 0 Å². The first-order chi connectivity index (χ1) is 14.2. The van der Waals surface area contributed by atoms with E-state index in [1.807, 2.05) is 6.92 Å². The summed E-state index contributed by atoms with van der Waals surface area (Å²) >= 11 is 12.2. The quantitative estimate of drug-likeness (QED) is 0.444. The summed E-state index contributed by atoms with van der Waals surface area (Å²) < 4.78 is 50.2. The summed E-state index contributed by atoms with van der Waals surface area (Å²) in [5.41, 5.74) is 2.62. The maximum atomic E-state index is 14.2. The van der Waals surface area contributed by atoms with Gasteiger partial charge in [0.1, 0.15) is 24.3 Å². The lowest BCUT2D eigenvalue weighted by atomic mass is 10.00. The van der Waals surface area contributed by atoms with Crippen LogP contribution in [0.25, 0.3) is 11.1 Å². The van der Waals surface area contributed by atoms with Crippen LogP contribution in [0.15, 0.2) is 59.5 Å². The highest BCUT2D eigenvalue weighted by atomic mass is 35.5. The summed E-state index contributed by atoms with van der Waals surface area (Å²) in [5, 5.41) is 0.825. The second-order valence-electron chi connectivity index (χ2n) is 7.06. The Labute approximate surface area is 184 Å². The first-order valence-corrected chi connectivity index (χ1v) is 11.3. The second kappa shape index (κ2) is 8.19. The van der Waals surface area contributed by atoms with Gasteiger partial charge in [-0.25, -0.2) is 4.39 Å². The van der Waals surface area contributed by atoms with Crippen LogP contribution >= 0.6 is 23.2 Å². The van der Waals surface area contributed by atoms with Crippen LogP contribution in [-0.2, 0) is 20.7 Å². The van der Waals surface area contributed by atoms with Gasteiger partial charge in [0.05, 0.1) is 9.92 Å². The molecule has 0 radical (unpaired) electrons. The van der Waals surface area contributed by atoms with Gasteiger partial charge in [0.25, 0.3) is 10.1 Å². The zero-order chi connectivity index (χ0) is 21.5. The molecular formula is C22H17Cl2FO4S. The Balaban J connectivity index is 1.55. The predicted molar refractivity (Wildman–Crippen MR) is 114 cm³/mol. The van der Waals surface area contributed by atoms with E-state index in [-0.39, 0.29) is 11.5 Å². The Morgan fingerprint density at radius 3 is 2.50 bits per heavy atom. The summed E-state index contributed by atoms with van der Waals surface area (Å²) in [4.78, 5) is 0.0725. The summed E-state index contributed by atoms with van der Waals surface area (Å²) in [6.45, 7) is 1.67. The minimum Gasteiger partial charge on any atom is -0.487 e. The predicted octanol–water partition coefficient (Wildman–Crippen LogP) is 5.82. The van der Waals surface area contributed by atoms with Crippen LogP contribution in [0.2, 0.25) is 10.0 Å². The number of fused-ring (bicyclic) bond motifs is 1. The summed E-state index contributed by atoms with van der Waals surface area (Å²) in [6.07, 6.45) is -0.263. The van der Waals surface area contributed by atoms with Gasteiger partial charge in [0.15, 0.2) is 0 Å². The molecule has 0 spiro atoms. The SMILES string of the molecule is Cc1ccc(S(=O)(=O)OCC2Cc3cc(F)cc(-c4ccc(Cl)cc4Cl)c3O2)cc1. The van der Waals surface area contributed by atoms with Crippen molar-refractivity contribution >= 4 is 33.3 Å². The van der Waals surface area contributed by atoms with E-state index in [9.17, 15) is 12.8 Å². The van der Waals surface area contributed by atoms with Crippen LogP contribution in [-0.4, -0.2) is 21.1 Å². The van der Waals surface area contributed by atoms with Crippen LogP contribution in [0.1, 0.15) is 11.1 Å². The van der Waals surface area contributed by atoms with E-state index in [0.29, 0.717) is 38.9 Å². The number of hydrogen-bond acceptors (Lipinski definition) is 4. The van der Waals surface area contributed by atoms with Crippen molar-refractivity contribution < 1.29 is 21.7 Å². The van der Waals surface area contributed by atoms with Crippen LogP contribution in [0.4, 0.5) is 4.39 Å². The molecule has 0 aromatic heterocycles. The topological polar surface area (TPSA) is 52.6 Å². The van der Waals surface area contributed by atoms with E-state index in [2.05, 4.69) is 0 Å². The summed E-state index contributed by atoms with van der Waals surface area (Å²) in [7, 11) is -3.92. The van der Waals surface area contributed by atoms with Crippen LogP contribution in [0, 0.1) is 12.7 Å². The molecule has 3 aromatic carbocycles. The summed E-state index contributed by atoms with van der Waals surface area (Å²) in [6, 6.07) is 14.0. The minimum atomic E-state index is -3.92. The monoisotopic (exact) mass is 466 g/mol. The molecule has 1 unspecified atom stereocenters. The molecule has 0 fully saturated rings. The highest BCUT2D eigenvalue weighted by Gasteiger charge is 2.29. The molecule has 1 atom stereocenters. The van der Waals surface area contributed by atoms with Crippen molar-refractivity contribution in [2.45, 2.75) is 24.3 Å². The van der Waals surface area contributed by atoms with Crippen molar-refractivity contribution in [3.05, 3.63) is 81.6 Å². The zero-order valence-electron chi connectivity index (χ0n) is 15.9.